The summed E-state index contributed by atoms with van der Waals surface area (Å²) in [6.45, 7) is 4.31. The van der Waals surface area contributed by atoms with E-state index in [0.717, 1.165) is 25.2 Å². The third-order valence-electron chi connectivity index (χ3n) is 3.43. The number of unbranched alkanes of at least 4 members (excludes halogenated alkanes) is 1. The standard InChI is InChI=1S/C15H23N3/c1-2-3-6-13-7-9-14(10-8-13)17-15(16)18-11-4-5-12-18/h7-10H,2-6,11-12H2,1H3,(H2,16,17). The molecule has 1 heterocycles. The van der Waals surface area contributed by atoms with Gasteiger partial charge in [-0.15, -0.1) is 0 Å². The molecule has 2 N–H and O–H groups in total. The molecule has 0 saturated carbocycles. The molecule has 0 unspecified atom stereocenters. The van der Waals surface area contributed by atoms with E-state index in [1.165, 1.54) is 31.2 Å². The van der Waals surface area contributed by atoms with E-state index >= 15 is 0 Å². The predicted molar refractivity (Wildman–Crippen MR) is 77.1 cm³/mol. The first-order valence-corrected chi connectivity index (χ1v) is 6.97. The van der Waals surface area contributed by atoms with Crippen LogP contribution in [0.2, 0.25) is 0 Å². The average Bonchev–Trinajstić information content (AvgIpc) is 2.92. The molecule has 1 aliphatic heterocycles. The van der Waals surface area contributed by atoms with Crippen LogP contribution in [0.1, 0.15) is 38.2 Å². The predicted octanol–water partition coefficient (Wildman–Crippen LogP) is 3.07. The second kappa shape index (κ2) is 6.43. The first kappa shape index (κ1) is 12.9. The lowest BCUT2D eigenvalue weighted by atomic mass is 10.1. The van der Waals surface area contributed by atoms with Gasteiger partial charge in [-0.1, -0.05) is 25.5 Å². The molecule has 3 nitrogen and oxygen atoms in total. The van der Waals surface area contributed by atoms with Gasteiger partial charge in [0.1, 0.15) is 0 Å². The lowest BCUT2D eigenvalue weighted by molar-refractivity contribution is 0.513. The van der Waals surface area contributed by atoms with E-state index in [0.29, 0.717) is 5.96 Å². The third kappa shape index (κ3) is 3.49. The summed E-state index contributed by atoms with van der Waals surface area (Å²) in [6.07, 6.45) is 6.10. The van der Waals surface area contributed by atoms with Crippen LogP contribution in [0.4, 0.5) is 5.69 Å². The van der Waals surface area contributed by atoms with E-state index in [1.807, 2.05) is 0 Å². The molecule has 1 fully saturated rings. The smallest absolute Gasteiger partial charge is 0.196 e. The van der Waals surface area contributed by atoms with Gasteiger partial charge in [0.15, 0.2) is 5.96 Å². The Bertz CT molecular complexity index is 389. The van der Waals surface area contributed by atoms with E-state index in [-0.39, 0.29) is 0 Å². The quantitative estimate of drug-likeness (QED) is 0.654. The summed E-state index contributed by atoms with van der Waals surface area (Å²) in [5.74, 6) is 0.661. The van der Waals surface area contributed by atoms with E-state index < -0.39 is 0 Å². The molecule has 0 radical (unpaired) electrons. The minimum Gasteiger partial charge on any atom is -0.369 e. The van der Waals surface area contributed by atoms with Crippen LogP contribution in [0.25, 0.3) is 0 Å². The van der Waals surface area contributed by atoms with Crippen molar-refractivity contribution in [3.8, 4) is 0 Å². The summed E-state index contributed by atoms with van der Waals surface area (Å²) in [5, 5.41) is 0. The molecule has 0 spiro atoms. The normalized spacial score (nSPS) is 16.3. The highest BCUT2D eigenvalue weighted by molar-refractivity contribution is 5.81. The molecule has 2 rings (SSSR count). The van der Waals surface area contributed by atoms with Gasteiger partial charge in [-0.2, -0.15) is 0 Å². The molecule has 1 aromatic carbocycles. The Morgan fingerprint density at radius 1 is 1.22 bits per heavy atom. The van der Waals surface area contributed by atoms with Crippen LogP contribution in [0.5, 0.6) is 0 Å². The largest absolute Gasteiger partial charge is 0.369 e. The topological polar surface area (TPSA) is 41.6 Å². The summed E-state index contributed by atoms with van der Waals surface area (Å²) >= 11 is 0. The molecule has 0 atom stereocenters. The first-order valence-electron chi connectivity index (χ1n) is 6.97. The first-order chi connectivity index (χ1) is 8.79. The molecule has 1 aliphatic rings. The van der Waals surface area contributed by atoms with Gasteiger partial charge in [-0.3, -0.25) is 0 Å². The molecule has 0 amide bonds. The molecule has 1 aromatic rings. The van der Waals surface area contributed by atoms with Gasteiger partial charge in [0.05, 0.1) is 5.69 Å². The Morgan fingerprint density at radius 2 is 1.89 bits per heavy atom. The maximum atomic E-state index is 6.01. The van der Waals surface area contributed by atoms with E-state index in [9.17, 15) is 0 Å². The van der Waals surface area contributed by atoms with Crippen LogP contribution < -0.4 is 5.73 Å². The second-order valence-corrected chi connectivity index (χ2v) is 4.93. The van der Waals surface area contributed by atoms with Crippen molar-refractivity contribution in [2.24, 2.45) is 10.7 Å². The van der Waals surface area contributed by atoms with Gasteiger partial charge in [-0.25, -0.2) is 4.99 Å². The zero-order chi connectivity index (χ0) is 12.8. The van der Waals surface area contributed by atoms with Crippen molar-refractivity contribution in [1.82, 2.24) is 4.90 Å². The van der Waals surface area contributed by atoms with Gasteiger partial charge < -0.3 is 10.6 Å². The fourth-order valence-electron chi connectivity index (χ4n) is 2.27. The van der Waals surface area contributed by atoms with Crippen LogP contribution >= 0.6 is 0 Å². The Morgan fingerprint density at radius 3 is 2.50 bits per heavy atom. The summed E-state index contributed by atoms with van der Waals surface area (Å²) in [6, 6.07) is 8.44. The van der Waals surface area contributed by atoms with Crippen LogP contribution in [0.15, 0.2) is 29.3 Å². The van der Waals surface area contributed by atoms with Crippen LogP contribution in [0, 0.1) is 0 Å². The van der Waals surface area contributed by atoms with E-state index in [2.05, 4.69) is 41.1 Å². The zero-order valence-corrected chi connectivity index (χ0v) is 11.2. The number of hydrogen-bond donors (Lipinski definition) is 1. The van der Waals surface area contributed by atoms with Gasteiger partial charge >= 0.3 is 0 Å². The average molecular weight is 245 g/mol. The number of nitrogens with zero attached hydrogens (tertiary/aromatic N) is 2. The summed E-state index contributed by atoms with van der Waals surface area (Å²) in [5.41, 5.74) is 8.35. The molecule has 98 valence electrons. The highest BCUT2D eigenvalue weighted by Gasteiger charge is 2.13. The monoisotopic (exact) mass is 245 g/mol. The van der Waals surface area contributed by atoms with Crippen molar-refractivity contribution in [1.29, 1.82) is 0 Å². The van der Waals surface area contributed by atoms with Gasteiger partial charge in [0.25, 0.3) is 0 Å². The number of aliphatic imine (C=N–C) groups is 1. The number of likely N-dealkylation sites (tertiary alicyclic amines) is 1. The van der Waals surface area contributed by atoms with Crippen molar-refractivity contribution in [3.05, 3.63) is 29.8 Å². The fourth-order valence-corrected chi connectivity index (χ4v) is 2.27. The molecular weight excluding hydrogens is 222 g/mol. The maximum absolute atomic E-state index is 6.01. The number of hydrogen-bond acceptors (Lipinski definition) is 1. The van der Waals surface area contributed by atoms with Gasteiger partial charge in [0.2, 0.25) is 0 Å². The second-order valence-electron chi connectivity index (χ2n) is 4.93. The minimum absolute atomic E-state index is 0.661. The van der Waals surface area contributed by atoms with Crippen LogP contribution in [-0.2, 0) is 6.42 Å². The van der Waals surface area contributed by atoms with Crippen molar-refractivity contribution < 1.29 is 0 Å². The van der Waals surface area contributed by atoms with Crippen LogP contribution in [0.3, 0.4) is 0 Å². The Labute approximate surface area is 110 Å². The molecule has 18 heavy (non-hydrogen) atoms. The highest BCUT2D eigenvalue weighted by atomic mass is 15.3. The lowest BCUT2D eigenvalue weighted by Crippen LogP contribution is -2.34. The van der Waals surface area contributed by atoms with E-state index in [1.54, 1.807) is 0 Å². The molecule has 1 saturated heterocycles. The van der Waals surface area contributed by atoms with Crippen molar-refractivity contribution in [2.75, 3.05) is 13.1 Å². The maximum Gasteiger partial charge on any atom is 0.196 e. The number of rotatable bonds is 4. The van der Waals surface area contributed by atoms with Crippen molar-refractivity contribution in [3.63, 3.8) is 0 Å². The Hall–Kier alpha value is -1.51. The zero-order valence-electron chi connectivity index (χ0n) is 11.2. The van der Waals surface area contributed by atoms with Crippen molar-refractivity contribution in [2.45, 2.75) is 39.0 Å². The fraction of sp³-hybridized carbons (Fsp3) is 0.533. The molecular formula is C15H23N3. The highest BCUT2D eigenvalue weighted by Crippen LogP contribution is 2.16. The number of guanidine groups is 1. The Kier molecular flexibility index (Phi) is 4.62. The van der Waals surface area contributed by atoms with Crippen molar-refractivity contribution >= 4 is 11.6 Å². The third-order valence-corrected chi connectivity index (χ3v) is 3.43. The number of nitrogens with two attached hydrogens (primary N) is 1. The van der Waals surface area contributed by atoms with Crippen LogP contribution in [-0.4, -0.2) is 23.9 Å². The lowest BCUT2D eigenvalue weighted by Gasteiger charge is -2.15. The van der Waals surface area contributed by atoms with Gasteiger partial charge in [-0.05, 0) is 43.4 Å². The number of aryl methyl sites for hydroxylation is 1. The molecule has 3 heteroatoms. The Balaban J connectivity index is 1.98. The minimum atomic E-state index is 0.661. The molecule has 0 aliphatic carbocycles. The summed E-state index contributed by atoms with van der Waals surface area (Å²) < 4.78 is 0. The van der Waals surface area contributed by atoms with Gasteiger partial charge in [0, 0.05) is 13.1 Å². The molecule has 0 aromatic heterocycles. The molecule has 0 bridgehead atoms. The summed E-state index contributed by atoms with van der Waals surface area (Å²) in [7, 11) is 0. The van der Waals surface area contributed by atoms with E-state index in [4.69, 9.17) is 5.73 Å². The number of benzene rings is 1. The SMILES string of the molecule is CCCCc1ccc(N=C(N)N2CCCC2)cc1. The summed E-state index contributed by atoms with van der Waals surface area (Å²) in [4.78, 5) is 6.64.